The van der Waals surface area contributed by atoms with Crippen LogP contribution in [0, 0.1) is 17.3 Å². The maximum absolute atomic E-state index is 4.69. The molecular weight excluding hydrogens is 841 g/mol. The summed E-state index contributed by atoms with van der Waals surface area (Å²) in [6, 6.07) is 3.94. The van der Waals surface area contributed by atoms with Crippen LogP contribution in [0.25, 0.3) is 0 Å². The van der Waals surface area contributed by atoms with E-state index in [4.69, 9.17) is 9.05 Å². The average Bonchev–Trinajstić information content (AvgIpc) is 4.14. The summed E-state index contributed by atoms with van der Waals surface area (Å²) in [5.41, 5.74) is 5.79. The van der Waals surface area contributed by atoms with E-state index in [9.17, 15) is 0 Å². The zero-order valence-corrected chi connectivity index (χ0v) is 52.5. The first-order valence-electron chi connectivity index (χ1n) is 26.6. The Balaban J connectivity index is -0.000000101. The van der Waals surface area contributed by atoms with Crippen molar-refractivity contribution in [1.82, 2.24) is 40.1 Å². The van der Waals surface area contributed by atoms with E-state index in [1.807, 2.05) is 146 Å². The highest BCUT2D eigenvalue weighted by atomic mass is 16.5. The van der Waals surface area contributed by atoms with Crippen molar-refractivity contribution in [3.63, 3.8) is 0 Å². The van der Waals surface area contributed by atoms with Gasteiger partial charge in [-0.15, -0.1) is 0 Å². The minimum atomic E-state index is 0.118. The van der Waals surface area contributed by atoms with Crippen LogP contribution in [0.2, 0.25) is 0 Å². The molecule has 1 N–H and O–H groups in total. The SMILES string of the molecule is CC.CC.CC.CC.CC.CC.CC.CC(C)(C)c1ccon1.CC(C)(C)c1cnoc1.CN1CCC(C(C)(C)C)C1.CNCC(C)C.Cn1cc(C(C)(C)C)cn1.Cn1ccc(C(C)(C)C)n1. The quantitative estimate of drug-likeness (QED) is 0.212. The Hall–Kier alpha value is -3.24. The van der Waals surface area contributed by atoms with Gasteiger partial charge in [0.25, 0.3) is 0 Å². The molecule has 10 heteroatoms. The molecule has 5 heterocycles. The Morgan fingerprint density at radius 3 is 1.21 bits per heavy atom. The smallest absolute Gasteiger partial charge is 0.127 e. The fourth-order valence-electron chi connectivity index (χ4n) is 4.85. The first-order valence-corrected chi connectivity index (χ1v) is 26.6. The van der Waals surface area contributed by atoms with Crippen LogP contribution in [-0.2, 0) is 35.8 Å². The van der Waals surface area contributed by atoms with E-state index >= 15 is 0 Å². The predicted molar refractivity (Wildman–Crippen MR) is 307 cm³/mol. The highest BCUT2D eigenvalue weighted by Crippen LogP contribution is 2.32. The molecule has 1 saturated heterocycles. The van der Waals surface area contributed by atoms with Crippen molar-refractivity contribution in [2.75, 3.05) is 33.7 Å². The van der Waals surface area contributed by atoms with Crippen LogP contribution in [-0.4, -0.2) is 68.5 Å². The van der Waals surface area contributed by atoms with Crippen LogP contribution < -0.4 is 5.32 Å². The van der Waals surface area contributed by atoms with Crippen molar-refractivity contribution in [2.45, 2.75) is 243 Å². The molecule has 0 amide bonds. The minimum Gasteiger partial charge on any atom is -0.364 e. The summed E-state index contributed by atoms with van der Waals surface area (Å²) in [5, 5.41) is 18.9. The first kappa shape index (κ1) is 81.7. The zero-order chi connectivity index (χ0) is 56.1. The molecule has 1 atom stereocenters. The molecule has 0 aromatic carbocycles. The van der Waals surface area contributed by atoms with Gasteiger partial charge in [-0.05, 0) is 73.3 Å². The molecule has 0 radical (unpaired) electrons. The lowest BCUT2D eigenvalue weighted by atomic mass is 9.80. The fraction of sp³-hybridized carbons (Fsp3) is 0.793. The van der Waals surface area contributed by atoms with Crippen molar-refractivity contribution in [1.29, 1.82) is 0 Å². The zero-order valence-electron chi connectivity index (χ0n) is 52.5. The Morgan fingerprint density at radius 2 is 1.06 bits per heavy atom. The van der Waals surface area contributed by atoms with E-state index in [-0.39, 0.29) is 21.7 Å². The first-order chi connectivity index (χ1) is 31.5. The molecule has 408 valence electrons. The monoisotopic (exact) mass is 965 g/mol. The third kappa shape index (κ3) is 47.8. The second-order valence-electron chi connectivity index (χ2n) is 20.1. The summed E-state index contributed by atoms with van der Waals surface area (Å²) in [6.45, 7) is 68.8. The summed E-state index contributed by atoms with van der Waals surface area (Å²) in [5.74, 6) is 1.70. The lowest BCUT2D eigenvalue weighted by Gasteiger charge is -2.26. The third-order valence-corrected chi connectivity index (χ3v) is 8.79. The average molecular weight is 966 g/mol. The second kappa shape index (κ2) is 47.4. The van der Waals surface area contributed by atoms with E-state index in [2.05, 4.69) is 168 Å². The molecular formula is C58H124N8O2. The molecule has 0 saturated carbocycles. The van der Waals surface area contributed by atoms with Gasteiger partial charge < -0.3 is 19.3 Å². The van der Waals surface area contributed by atoms with Crippen LogP contribution in [0.15, 0.2) is 58.5 Å². The molecule has 1 aliphatic heterocycles. The number of rotatable bonds is 2. The Bertz CT molecular complexity index is 1390. The molecule has 1 unspecified atom stereocenters. The van der Waals surface area contributed by atoms with E-state index < -0.39 is 0 Å². The van der Waals surface area contributed by atoms with Crippen LogP contribution in [0.1, 0.15) is 244 Å². The molecule has 0 bridgehead atoms. The van der Waals surface area contributed by atoms with Crippen LogP contribution in [0.3, 0.4) is 0 Å². The standard InChI is InChI=1S/C9H19N.2C8H14N2.2C7H11NO.C5H13N.7C2H6/c1-9(2,3)8-5-6-10(4)7-8;1-8(2,3)7-5-9-10(4)6-7;1-8(2,3)7-5-6-10(4)9-7;1-7(2,3)6-4-8-9-5-6;1-7(2,3)6-4-5-9-8-6;1-5(2)4-6-3;7*1-2/h8H,5-7H2,1-4H3;2*5-6H,1-4H3;2*4-5H,1-3H3;5-6H,4H2,1-3H3;7*1-2H3. The summed E-state index contributed by atoms with van der Waals surface area (Å²) in [4.78, 5) is 2.43. The van der Waals surface area contributed by atoms with Crippen molar-refractivity contribution < 1.29 is 9.05 Å². The molecule has 0 spiro atoms. The van der Waals surface area contributed by atoms with Gasteiger partial charge in [0.2, 0.25) is 0 Å². The topological polar surface area (TPSA) is 103 Å². The van der Waals surface area contributed by atoms with Crippen molar-refractivity contribution in [2.24, 2.45) is 31.3 Å². The minimum absolute atomic E-state index is 0.118. The van der Waals surface area contributed by atoms with Crippen molar-refractivity contribution in [3.05, 3.63) is 72.0 Å². The number of aryl methyl sites for hydroxylation is 2. The third-order valence-electron chi connectivity index (χ3n) is 8.79. The van der Waals surface area contributed by atoms with E-state index in [1.54, 1.807) is 18.7 Å². The number of likely N-dealkylation sites (tertiary alicyclic amines) is 1. The van der Waals surface area contributed by atoms with Gasteiger partial charge in [0.15, 0.2) is 0 Å². The van der Waals surface area contributed by atoms with Crippen LogP contribution in [0.5, 0.6) is 0 Å². The van der Waals surface area contributed by atoms with Gasteiger partial charge >= 0.3 is 0 Å². The molecule has 4 aromatic rings. The maximum atomic E-state index is 4.69. The Kier molecular flexibility index (Phi) is 57.0. The van der Waals surface area contributed by atoms with Crippen molar-refractivity contribution in [3.8, 4) is 0 Å². The number of hydrogen-bond acceptors (Lipinski definition) is 8. The number of nitrogens with one attached hydrogen (secondary N) is 1. The number of aromatic nitrogens is 6. The van der Waals surface area contributed by atoms with Gasteiger partial charge in [0.1, 0.15) is 12.5 Å². The molecule has 0 aliphatic carbocycles. The Labute approximate surface area is 427 Å². The largest absolute Gasteiger partial charge is 0.364 e. The number of hydrogen-bond donors (Lipinski definition) is 1. The van der Waals surface area contributed by atoms with Gasteiger partial charge in [-0.1, -0.05) is 225 Å². The molecule has 10 nitrogen and oxygen atoms in total. The molecule has 1 aliphatic rings. The highest BCUT2D eigenvalue weighted by Gasteiger charge is 2.29. The normalized spacial score (nSPS) is 12.5. The van der Waals surface area contributed by atoms with E-state index in [1.165, 1.54) is 25.1 Å². The molecule has 4 aromatic heterocycles. The molecule has 5 rings (SSSR count). The van der Waals surface area contributed by atoms with Gasteiger partial charge in [0, 0.05) is 55.5 Å². The lowest BCUT2D eigenvalue weighted by Crippen LogP contribution is -2.23. The summed E-state index contributed by atoms with van der Waals surface area (Å²) >= 11 is 0. The Morgan fingerprint density at radius 1 is 0.603 bits per heavy atom. The van der Waals surface area contributed by atoms with Crippen LogP contribution >= 0.6 is 0 Å². The molecule has 68 heavy (non-hydrogen) atoms. The number of nitrogens with zero attached hydrogens (tertiary/aromatic N) is 7. The van der Waals surface area contributed by atoms with Crippen LogP contribution in [0.4, 0.5) is 0 Å². The van der Waals surface area contributed by atoms with E-state index in [0.29, 0.717) is 5.41 Å². The summed E-state index contributed by atoms with van der Waals surface area (Å²) in [6.07, 6.45) is 12.4. The lowest BCUT2D eigenvalue weighted by molar-refractivity contribution is 0.241. The van der Waals surface area contributed by atoms with Gasteiger partial charge in [-0.2, -0.15) is 10.2 Å². The van der Waals surface area contributed by atoms with Gasteiger partial charge in [0.05, 0.1) is 23.8 Å². The summed E-state index contributed by atoms with van der Waals surface area (Å²) in [7, 11) is 8.07. The fourth-order valence-corrected chi connectivity index (χ4v) is 4.85. The van der Waals surface area contributed by atoms with Gasteiger partial charge in [-0.3, -0.25) is 9.36 Å². The van der Waals surface area contributed by atoms with Crippen molar-refractivity contribution >= 4 is 0 Å². The highest BCUT2D eigenvalue weighted by molar-refractivity contribution is 5.15. The summed E-state index contributed by atoms with van der Waals surface area (Å²) < 4.78 is 13.0. The maximum Gasteiger partial charge on any atom is 0.127 e. The van der Waals surface area contributed by atoms with Gasteiger partial charge in [-0.25, -0.2) is 0 Å². The predicted octanol–water partition coefficient (Wildman–Crippen LogP) is 17.4. The second-order valence-corrected chi connectivity index (χ2v) is 20.1. The molecule has 1 fully saturated rings. The van der Waals surface area contributed by atoms with E-state index in [0.717, 1.165) is 35.3 Å².